The molecular weight excluding hydrogens is 250 g/mol. The molecule has 0 aliphatic heterocycles. The van der Waals surface area contributed by atoms with Gasteiger partial charge in [-0.05, 0) is 39.6 Å². The third-order valence-corrected chi connectivity index (χ3v) is 4.47. The molecule has 2 rings (SSSR count). The predicted molar refractivity (Wildman–Crippen MR) is 81.8 cm³/mol. The van der Waals surface area contributed by atoms with E-state index in [0.717, 1.165) is 23.3 Å². The van der Waals surface area contributed by atoms with E-state index in [0.29, 0.717) is 6.42 Å². The summed E-state index contributed by atoms with van der Waals surface area (Å²) in [5.41, 5.74) is 1.58. The first-order valence-electron chi connectivity index (χ1n) is 7.01. The molecule has 0 bridgehead atoms. The zero-order valence-corrected chi connectivity index (χ0v) is 13.0. The van der Waals surface area contributed by atoms with Crippen LogP contribution in [-0.4, -0.2) is 39.9 Å². The number of likely N-dealkylation sites (N-methyl/N-ethyl adjacent to an activating group) is 1. The molecule has 1 heterocycles. The molecule has 1 aromatic heterocycles. The van der Waals surface area contributed by atoms with Crippen LogP contribution in [0.4, 0.5) is 0 Å². The largest absolute Gasteiger partial charge is 0.331 e. The summed E-state index contributed by atoms with van der Waals surface area (Å²) >= 11 is 0. The minimum absolute atomic E-state index is 0.211. The van der Waals surface area contributed by atoms with Crippen molar-refractivity contribution < 1.29 is 4.79 Å². The number of carbonyl (C=O) groups is 1. The number of hydrogen-bond acceptors (Lipinski definition) is 3. The molecule has 0 saturated carbocycles. The topological polar surface area (TPSA) is 38.1 Å². The van der Waals surface area contributed by atoms with Gasteiger partial charge in [0.2, 0.25) is 0 Å². The summed E-state index contributed by atoms with van der Waals surface area (Å²) in [6, 6.07) is 7.97. The monoisotopic (exact) mass is 273 g/mol. The van der Waals surface area contributed by atoms with Gasteiger partial charge in [0.1, 0.15) is 5.82 Å². The van der Waals surface area contributed by atoms with Crippen LogP contribution in [0.1, 0.15) is 26.1 Å². The average Bonchev–Trinajstić information content (AvgIpc) is 2.74. The molecule has 1 atom stereocenters. The van der Waals surface area contributed by atoms with E-state index >= 15 is 0 Å². The van der Waals surface area contributed by atoms with E-state index in [1.54, 1.807) is 0 Å². The van der Waals surface area contributed by atoms with Gasteiger partial charge in [0, 0.05) is 7.05 Å². The number of aryl methyl sites for hydroxylation is 1. The Morgan fingerprint density at radius 2 is 2.00 bits per heavy atom. The van der Waals surface area contributed by atoms with Crippen LogP contribution >= 0.6 is 0 Å². The number of fused-ring (bicyclic) bond motifs is 1. The first-order valence-corrected chi connectivity index (χ1v) is 7.01. The number of benzene rings is 1. The Balaban J connectivity index is 2.33. The highest BCUT2D eigenvalue weighted by Crippen LogP contribution is 2.21. The van der Waals surface area contributed by atoms with Gasteiger partial charge in [-0.3, -0.25) is 9.69 Å². The van der Waals surface area contributed by atoms with Crippen LogP contribution in [0.25, 0.3) is 11.0 Å². The molecule has 0 amide bonds. The molecule has 0 aliphatic carbocycles. The number of ketones is 1. The number of hydrogen-bond donors (Lipinski definition) is 0. The maximum atomic E-state index is 12.6. The van der Waals surface area contributed by atoms with Gasteiger partial charge in [-0.25, -0.2) is 4.98 Å². The highest BCUT2D eigenvalue weighted by atomic mass is 16.1. The first-order chi connectivity index (χ1) is 9.40. The summed E-state index contributed by atoms with van der Waals surface area (Å²) in [4.78, 5) is 19.2. The molecule has 20 heavy (non-hydrogen) atoms. The number of carbonyl (C=O) groups excluding carboxylic acids is 1. The van der Waals surface area contributed by atoms with Crippen LogP contribution in [0.15, 0.2) is 24.3 Å². The van der Waals surface area contributed by atoms with Crippen LogP contribution in [0.5, 0.6) is 0 Å². The van der Waals surface area contributed by atoms with Gasteiger partial charge >= 0.3 is 0 Å². The molecular formula is C16H23N3O. The highest BCUT2D eigenvalue weighted by Gasteiger charge is 2.33. The second-order valence-electron chi connectivity index (χ2n) is 5.70. The first kappa shape index (κ1) is 14.7. The SMILES string of the molecule is CCC(C)(C(=O)Cc1nc2ccccc2n1C)N(C)C. The quantitative estimate of drug-likeness (QED) is 0.839. The molecule has 0 fully saturated rings. The van der Waals surface area contributed by atoms with Crippen LogP contribution < -0.4 is 0 Å². The minimum atomic E-state index is -0.432. The van der Waals surface area contributed by atoms with Gasteiger partial charge in [-0.15, -0.1) is 0 Å². The van der Waals surface area contributed by atoms with Crippen molar-refractivity contribution in [2.24, 2.45) is 7.05 Å². The lowest BCUT2D eigenvalue weighted by Gasteiger charge is -2.33. The number of Topliss-reactive ketones (excluding diaryl/α,β-unsaturated/α-hetero) is 1. The number of imidazole rings is 1. The molecule has 1 unspecified atom stereocenters. The maximum Gasteiger partial charge on any atom is 0.160 e. The van der Waals surface area contributed by atoms with E-state index in [1.165, 1.54) is 0 Å². The van der Waals surface area contributed by atoms with Gasteiger partial charge in [0.15, 0.2) is 5.78 Å². The molecule has 1 aromatic carbocycles. The zero-order valence-electron chi connectivity index (χ0n) is 13.0. The Hall–Kier alpha value is -1.68. The van der Waals surface area contributed by atoms with Crippen LogP contribution in [-0.2, 0) is 18.3 Å². The fraction of sp³-hybridized carbons (Fsp3) is 0.500. The van der Waals surface area contributed by atoms with Crippen molar-refractivity contribution in [3.63, 3.8) is 0 Å². The van der Waals surface area contributed by atoms with E-state index in [4.69, 9.17) is 0 Å². The van der Waals surface area contributed by atoms with Crippen LogP contribution in [0.2, 0.25) is 0 Å². The van der Waals surface area contributed by atoms with Gasteiger partial charge in [0.05, 0.1) is 23.0 Å². The third-order valence-electron chi connectivity index (χ3n) is 4.47. The Morgan fingerprint density at radius 1 is 1.35 bits per heavy atom. The number of rotatable bonds is 5. The average molecular weight is 273 g/mol. The fourth-order valence-electron chi connectivity index (χ4n) is 2.45. The molecule has 0 aliphatic rings. The summed E-state index contributed by atoms with van der Waals surface area (Å²) in [6.07, 6.45) is 1.16. The molecule has 0 radical (unpaired) electrons. The van der Waals surface area contributed by atoms with Crippen molar-refractivity contribution in [3.05, 3.63) is 30.1 Å². The van der Waals surface area contributed by atoms with Crippen molar-refractivity contribution in [1.29, 1.82) is 0 Å². The van der Waals surface area contributed by atoms with Crippen LogP contribution in [0.3, 0.4) is 0 Å². The summed E-state index contributed by atoms with van der Waals surface area (Å²) in [7, 11) is 5.88. The third kappa shape index (κ3) is 2.36. The lowest BCUT2D eigenvalue weighted by molar-refractivity contribution is -0.128. The molecule has 2 aromatic rings. The van der Waals surface area contributed by atoms with E-state index in [-0.39, 0.29) is 5.78 Å². The Morgan fingerprint density at radius 3 is 2.55 bits per heavy atom. The predicted octanol–water partition coefficient (Wildman–Crippen LogP) is 2.42. The highest BCUT2D eigenvalue weighted by molar-refractivity contribution is 5.90. The second kappa shape index (κ2) is 5.37. The molecule has 0 spiro atoms. The summed E-state index contributed by atoms with van der Waals surface area (Å²) in [5.74, 6) is 1.04. The number of aromatic nitrogens is 2. The van der Waals surface area contributed by atoms with E-state index < -0.39 is 5.54 Å². The Labute approximate surface area is 120 Å². The summed E-state index contributed by atoms with van der Waals surface area (Å²) < 4.78 is 2.01. The summed E-state index contributed by atoms with van der Waals surface area (Å²) in [6.45, 7) is 4.05. The van der Waals surface area contributed by atoms with E-state index in [9.17, 15) is 4.79 Å². The maximum absolute atomic E-state index is 12.6. The number of para-hydroxylation sites is 2. The van der Waals surface area contributed by atoms with Gasteiger partial charge < -0.3 is 4.57 Å². The van der Waals surface area contributed by atoms with Crippen molar-refractivity contribution in [3.8, 4) is 0 Å². The fourth-order valence-corrected chi connectivity index (χ4v) is 2.45. The lowest BCUT2D eigenvalue weighted by atomic mass is 9.90. The van der Waals surface area contributed by atoms with Gasteiger partial charge in [-0.2, -0.15) is 0 Å². The number of nitrogens with zero attached hydrogens (tertiary/aromatic N) is 3. The van der Waals surface area contributed by atoms with Gasteiger partial charge in [-0.1, -0.05) is 19.1 Å². The Kier molecular flexibility index (Phi) is 3.95. The summed E-state index contributed by atoms with van der Waals surface area (Å²) in [5, 5.41) is 0. The van der Waals surface area contributed by atoms with Crippen molar-refractivity contribution in [1.82, 2.24) is 14.5 Å². The van der Waals surface area contributed by atoms with Crippen molar-refractivity contribution >= 4 is 16.8 Å². The van der Waals surface area contributed by atoms with Gasteiger partial charge in [0.25, 0.3) is 0 Å². The molecule has 108 valence electrons. The Bertz CT molecular complexity index is 630. The second-order valence-corrected chi connectivity index (χ2v) is 5.70. The van der Waals surface area contributed by atoms with Crippen molar-refractivity contribution in [2.75, 3.05) is 14.1 Å². The smallest absolute Gasteiger partial charge is 0.160 e. The molecule has 4 nitrogen and oxygen atoms in total. The van der Waals surface area contributed by atoms with Crippen LogP contribution in [0, 0.1) is 0 Å². The minimum Gasteiger partial charge on any atom is -0.331 e. The standard InChI is InChI=1S/C16H23N3O/c1-6-16(2,18(3)4)14(20)11-15-17-12-9-7-8-10-13(12)19(15)5/h7-10H,6,11H2,1-5H3. The molecule has 4 heteroatoms. The zero-order chi connectivity index (χ0) is 14.9. The molecule has 0 saturated heterocycles. The van der Waals surface area contributed by atoms with Crippen molar-refractivity contribution in [2.45, 2.75) is 32.2 Å². The van der Waals surface area contributed by atoms with E-state index in [1.807, 2.05) is 68.7 Å². The normalized spacial score (nSPS) is 14.7. The lowest BCUT2D eigenvalue weighted by Crippen LogP contribution is -2.48. The molecule has 0 N–H and O–H groups in total. The van der Waals surface area contributed by atoms with E-state index in [2.05, 4.69) is 4.98 Å².